The molecule has 0 spiro atoms. The van der Waals surface area contributed by atoms with E-state index in [1.165, 1.54) is 5.56 Å². The van der Waals surface area contributed by atoms with Crippen LogP contribution >= 0.6 is 0 Å². The van der Waals surface area contributed by atoms with Crippen molar-refractivity contribution < 1.29 is 14.3 Å². The highest BCUT2D eigenvalue weighted by Crippen LogP contribution is 2.25. The van der Waals surface area contributed by atoms with Crippen molar-refractivity contribution in [2.45, 2.75) is 71.8 Å². The lowest BCUT2D eigenvalue weighted by Crippen LogP contribution is -2.47. The Labute approximate surface area is 176 Å². The van der Waals surface area contributed by atoms with Crippen LogP contribution in [-0.2, 0) is 15.0 Å². The molecule has 1 aromatic rings. The second-order valence-corrected chi connectivity index (χ2v) is 9.25. The molecule has 0 aromatic heterocycles. The molecule has 0 bridgehead atoms. The summed E-state index contributed by atoms with van der Waals surface area (Å²) in [5, 5.41) is 0. The third-order valence-electron chi connectivity index (χ3n) is 5.76. The average Bonchev–Trinajstić information content (AvgIpc) is 2.70. The summed E-state index contributed by atoms with van der Waals surface area (Å²) in [4.78, 5) is 29.0. The average molecular weight is 403 g/mol. The van der Waals surface area contributed by atoms with Crippen LogP contribution in [0.4, 0.5) is 0 Å². The maximum atomic E-state index is 12.8. The van der Waals surface area contributed by atoms with Crippen LogP contribution in [0.25, 0.3) is 0 Å². The standard InChI is InChI=1S/C24H38N2O3/c1-7-8-15-25(6)23(28)19-13-16-26(17-14-19)22(27)18(2)29-21-11-9-20(10-12-21)24(3,4)5/h9-12,18-19H,7-8,13-17H2,1-6H3. The monoisotopic (exact) mass is 402 g/mol. The van der Waals surface area contributed by atoms with Gasteiger partial charge in [-0.1, -0.05) is 46.2 Å². The van der Waals surface area contributed by atoms with Crippen molar-refractivity contribution in [2.75, 3.05) is 26.7 Å². The molecule has 1 aliphatic heterocycles. The Morgan fingerprint density at radius 3 is 2.28 bits per heavy atom. The number of piperidine rings is 1. The fraction of sp³-hybridized carbons (Fsp3) is 0.667. The lowest BCUT2D eigenvalue weighted by molar-refractivity contribution is -0.143. The van der Waals surface area contributed by atoms with Gasteiger partial charge in [0, 0.05) is 32.6 Å². The molecular formula is C24H38N2O3. The molecule has 5 nitrogen and oxygen atoms in total. The number of amides is 2. The van der Waals surface area contributed by atoms with Crippen LogP contribution in [0.15, 0.2) is 24.3 Å². The molecule has 162 valence electrons. The molecule has 1 saturated heterocycles. The molecule has 5 heteroatoms. The summed E-state index contributed by atoms with van der Waals surface area (Å²) >= 11 is 0. The maximum absolute atomic E-state index is 12.8. The quantitative estimate of drug-likeness (QED) is 0.685. The van der Waals surface area contributed by atoms with Crippen molar-refractivity contribution in [3.63, 3.8) is 0 Å². The van der Waals surface area contributed by atoms with E-state index >= 15 is 0 Å². The van der Waals surface area contributed by atoms with Gasteiger partial charge in [-0.25, -0.2) is 0 Å². The minimum absolute atomic E-state index is 0.00451. The number of hydrogen-bond donors (Lipinski definition) is 0. The van der Waals surface area contributed by atoms with Gasteiger partial charge < -0.3 is 14.5 Å². The van der Waals surface area contributed by atoms with Crippen LogP contribution in [0.1, 0.15) is 65.9 Å². The Morgan fingerprint density at radius 1 is 1.17 bits per heavy atom. The molecule has 0 N–H and O–H groups in total. The summed E-state index contributed by atoms with van der Waals surface area (Å²) in [6, 6.07) is 7.97. The molecule has 2 rings (SSSR count). The smallest absolute Gasteiger partial charge is 0.263 e. The first-order valence-electron chi connectivity index (χ1n) is 10.9. The molecular weight excluding hydrogens is 364 g/mol. The molecule has 29 heavy (non-hydrogen) atoms. The van der Waals surface area contributed by atoms with E-state index in [-0.39, 0.29) is 23.1 Å². The Morgan fingerprint density at radius 2 is 1.76 bits per heavy atom. The Bertz CT molecular complexity index is 670. The Balaban J connectivity index is 1.84. The normalized spacial score (nSPS) is 16.4. The van der Waals surface area contributed by atoms with Crippen LogP contribution in [0.5, 0.6) is 5.75 Å². The fourth-order valence-corrected chi connectivity index (χ4v) is 3.71. The van der Waals surface area contributed by atoms with E-state index in [0.717, 1.165) is 32.2 Å². The molecule has 0 radical (unpaired) electrons. The number of carbonyl (C=O) groups excluding carboxylic acids is 2. The van der Waals surface area contributed by atoms with Crippen molar-refractivity contribution in [1.29, 1.82) is 0 Å². The third-order valence-corrected chi connectivity index (χ3v) is 5.76. The van der Waals surface area contributed by atoms with E-state index in [0.29, 0.717) is 18.8 Å². The molecule has 1 atom stereocenters. The number of unbranched alkanes of at least 4 members (excludes halogenated alkanes) is 1. The molecule has 1 aliphatic rings. The molecule has 1 unspecified atom stereocenters. The molecule has 0 aliphatic carbocycles. The SMILES string of the molecule is CCCCN(C)C(=O)C1CCN(C(=O)C(C)Oc2ccc(C(C)(C)C)cc2)CC1. The largest absolute Gasteiger partial charge is 0.481 e. The zero-order valence-electron chi connectivity index (χ0n) is 19.0. The van der Waals surface area contributed by atoms with E-state index in [2.05, 4.69) is 39.8 Å². The number of nitrogens with zero attached hydrogens (tertiary/aromatic N) is 2. The highest BCUT2D eigenvalue weighted by atomic mass is 16.5. The van der Waals surface area contributed by atoms with Crippen molar-refractivity contribution in [1.82, 2.24) is 9.80 Å². The van der Waals surface area contributed by atoms with E-state index < -0.39 is 6.10 Å². The van der Waals surface area contributed by atoms with Gasteiger partial charge in [-0.2, -0.15) is 0 Å². The zero-order chi connectivity index (χ0) is 21.6. The predicted octanol–water partition coefficient (Wildman–Crippen LogP) is 4.25. The molecule has 1 heterocycles. The first-order chi connectivity index (χ1) is 13.6. The van der Waals surface area contributed by atoms with Gasteiger partial charge in [0.1, 0.15) is 5.75 Å². The summed E-state index contributed by atoms with van der Waals surface area (Å²) < 4.78 is 5.89. The molecule has 2 amide bonds. The Kier molecular flexibility index (Phi) is 8.12. The van der Waals surface area contributed by atoms with Crippen molar-refractivity contribution in [3.8, 4) is 5.75 Å². The van der Waals surface area contributed by atoms with Gasteiger partial charge >= 0.3 is 0 Å². The highest BCUT2D eigenvalue weighted by Gasteiger charge is 2.31. The van der Waals surface area contributed by atoms with E-state index in [4.69, 9.17) is 4.74 Å². The van der Waals surface area contributed by atoms with Crippen LogP contribution in [0.3, 0.4) is 0 Å². The Hall–Kier alpha value is -2.04. The van der Waals surface area contributed by atoms with Gasteiger partial charge in [0.2, 0.25) is 5.91 Å². The van der Waals surface area contributed by atoms with Gasteiger partial charge in [-0.15, -0.1) is 0 Å². The van der Waals surface area contributed by atoms with Gasteiger partial charge in [0.05, 0.1) is 0 Å². The van der Waals surface area contributed by atoms with Crippen molar-refractivity contribution in [3.05, 3.63) is 29.8 Å². The van der Waals surface area contributed by atoms with E-state index in [9.17, 15) is 9.59 Å². The minimum atomic E-state index is -0.532. The van der Waals surface area contributed by atoms with E-state index in [1.54, 1.807) is 6.92 Å². The van der Waals surface area contributed by atoms with Crippen molar-refractivity contribution in [2.24, 2.45) is 5.92 Å². The second-order valence-electron chi connectivity index (χ2n) is 9.25. The highest BCUT2D eigenvalue weighted by molar-refractivity contribution is 5.82. The van der Waals surface area contributed by atoms with Crippen molar-refractivity contribution >= 4 is 11.8 Å². The van der Waals surface area contributed by atoms with Gasteiger partial charge in [0.25, 0.3) is 5.91 Å². The van der Waals surface area contributed by atoms with Crippen LogP contribution < -0.4 is 4.74 Å². The first kappa shape index (κ1) is 23.2. The predicted molar refractivity (Wildman–Crippen MR) is 117 cm³/mol. The lowest BCUT2D eigenvalue weighted by atomic mass is 9.87. The van der Waals surface area contributed by atoms with Crippen LogP contribution in [0.2, 0.25) is 0 Å². The number of ether oxygens (including phenoxy) is 1. The van der Waals surface area contributed by atoms with Crippen LogP contribution in [-0.4, -0.2) is 54.4 Å². The zero-order valence-corrected chi connectivity index (χ0v) is 19.0. The summed E-state index contributed by atoms with van der Waals surface area (Å²) in [5.41, 5.74) is 1.33. The number of carbonyl (C=O) groups is 2. The fourth-order valence-electron chi connectivity index (χ4n) is 3.71. The summed E-state index contributed by atoms with van der Waals surface area (Å²) in [5.74, 6) is 0.951. The summed E-state index contributed by atoms with van der Waals surface area (Å²) in [6.07, 6.45) is 3.05. The van der Waals surface area contributed by atoms with E-state index in [1.807, 2.05) is 29.0 Å². The maximum Gasteiger partial charge on any atom is 0.263 e. The number of hydrogen-bond acceptors (Lipinski definition) is 3. The minimum Gasteiger partial charge on any atom is -0.481 e. The number of benzene rings is 1. The summed E-state index contributed by atoms with van der Waals surface area (Å²) in [7, 11) is 1.89. The number of likely N-dealkylation sites (tertiary alicyclic amines) is 1. The van der Waals surface area contributed by atoms with Gasteiger partial charge in [-0.05, 0) is 49.3 Å². The number of rotatable bonds is 7. The third kappa shape index (κ3) is 6.48. The summed E-state index contributed by atoms with van der Waals surface area (Å²) in [6.45, 7) is 12.5. The molecule has 1 aromatic carbocycles. The lowest BCUT2D eigenvalue weighted by Gasteiger charge is -2.34. The molecule has 0 saturated carbocycles. The van der Waals surface area contributed by atoms with Gasteiger partial charge in [-0.3, -0.25) is 9.59 Å². The van der Waals surface area contributed by atoms with Gasteiger partial charge in [0.15, 0.2) is 6.10 Å². The first-order valence-corrected chi connectivity index (χ1v) is 10.9. The molecule has 1 fully saturated rings. The van der Waals surface area contributed by atoms with Crippen LogP contribution in [0, 0.1) is 5.92 Å². The second kappa shape index (κ2) is 10.1. The topological polar surface area (TPSA) is 49.9 Å².